The summed E-state index contributed by atoms with van der Waals surface area (Å²) in [6.45, 7) is 7.18. The maximum absolute atomic E-state index is 13.7. The Morgan fingerprint density at radius 3 is 2.50 bits per heavy atom. The fourth-order valence-corrected chi connectivity index (χ4v) is 5.11. The predicted molar refractivity (Wildman–Crippen MR) is 129 cm³/mol. The first-order chi connectivity index (χ1) is 15.4. The van der Waals surface area contributed by atoms with Gasteiger partial charge in [-0.05, 0) is 55.7 Å². The Bertz CT molecular complexity index is 1380. The number of alkyl halides is 1. The number of halogens is 2. The van der Waals surface area contributed by atoms with Gasteiger partial charge in [-0.3, -0.25) is 9.48 Å². The Morgan fingerprint density at radius 1 is 1.03 bits per heavy atom. The van der Waals surface area contributed by atoms with Crippen molar-refractivity contribution < 1.29 is 9.53 Å². The highest BCUT2D eigenvalue weighted by Gasteiger charge is 2.33. The third-order valence-electron chi connectivity index (χ3n) is 6.11. The van der Waals surface area contributed by atoms with Crippen LogP contribution in [0.2, 0.25) is 5.02 Å². The molecule has 1 aliphatic rings. The second-order valence-electron chi connectivity index (χ2n) is 8.25. The van der Waals surface area contributed by atoms with Crippen LogP contribution in [0.3, 0.4) is 0 Å². The molecule has 0 bridgehead atoms. The SMILES string of the molecule is Cc1cc(C)c(COc2cccc3c2C(=O)c2c(Cl)ccc4c2c-3nn4CCCl)c(C)c1. The molecule has 4 aromatic rings. The molecule has 0 spiro atoms. The van der Waals surface area contributed by atoms with E-state index in [0.717, 1.165) is 27.7 Å². The molecule has 1 heterocycles. The predicted octanol–water partition coefficient (Wildman–Crippen LogP) is 6.64. The zero-order chi connectivity index (χ0) is 22.6. The third-order valence-corrected chi connectivity index (χ3v) is 6.60. The molecule has 0 saturated carbocycles. The molecule has 0 atom stereocenters. The van der Waals surface area contributed by atoms with Gasteiger partial charge in [-0.25, -0.2) is 0 Å². The average molecular weight is 465 g/mol. The number of fused-ring (bicyclic) bond motifs is 2. The maximum Gasteiger partial charge on any atom is 0.199 e. The van der Waals surface area contributed by atoms with Gasteiger partial charge in [-0.15, -0.1) is 11.6 Å². The Labute approximate surface area is 196 Å². The van der Waals surface area contributed by atoms with Gasteiger partial charge in [-0.2, -0.15) is 5.10 Å². The third kappa shape index (κ3) is 3.21. The van der Waals surface area contributed by atoms with Crippen molar-refractivity contribution in [3.05, 3.63) is 80.9 Å². The molecule has 0 saturated heterocycles. The summed E-state index contributed by atoms with van der Waals surface area (Å²) >= 11 is 12.5. The molecule has 0 N–H and O–H groups in total. The molecule has 0 amide bonds. The van der Waals surface area contributed by atoms with Gasteiger partial charge < -0.3 is 4.74 Å². The van der Waals surface area contributed by atoms with Crippen LogP contribution < -0.4 is 4.74 Å². The van der Waals surface area contributed by atoms with Gasteiger partial charge >= 0.3 is 0 Å². The lowest BCUT2D eigenvalue weighted by atomic mass is 9.87. The van der Waals surface area contributed by atoms with Crippen LogP contribution in [0.25, 0.3) is 22.2 Å². The van der Waals surface area contributed by atoms with E-state index in [2.05, 4.69) is 32.9 Å². The molecule has 1 aliphatic carbocycles. The van der Waals surface area contributed by atoms with Crippen LogP contribution in [0.1, 0.15) is 38.2 Å². The van der Waals surface area contributed by atoms with E-state index in [-0.39, 0.29) is 5.78 Å². The molecule has 0 aliphatic heterocycles. The summed E-state index contributed by atoms with van der Waals surface area (Å²) in [6, 6.07) is 13.6. The monoisotopic (exact) mass is 464 g/mol. The minimum absolute atomic E-state index is 0.138. The standard InChI is InChI=1S/C26H22Cl2N2O2/c1-14-11-15(2)18(16(3)12-14)13-32-21-6-4-5-17-22(21)26(31)23-19(28)7-8-20-24(23)25(17)29-30(20)10-9-27/h4-8,11-12H,9-10,13H2,1-3H3. The Kier molecular flexibility index (Phi) is 5.23. The summed E-state index contributed by atoms with van der Waals surface area (Å²) in [5.41, 5.74) is 8.04. The molecular formula is C26H22Cl2N2O2. The van der Waals surface area contributed by atoms with Crippen LogP contribution in [0, 0.1) is 20.8 Å². The summed E-state index contributed by atoms with van der Waals surface area (Å²) < 4.78 is 8.09. The molecule has 6 heteroatoms. The number of hydrogen-bond donors (Lipinski definition) is 0. The lowest BCUT2D eigenvalue weighted by Gasteiger charge is -2.20. The summed E-state index contributed by atoms with van der Waals surface area (Å²) in [7, 11) is 0. The van der Waals surface area contributed by atoms with Crippen LogP contribution >= 0.6 is 23.2 Å². The quantitative estimate of drug-likeness (QED) is 0.273. The Hall–Kier alpha value is -2.82. The molecule has 0 unspecified atom stereocenters. The van der Waals surface area contributed by atoms with Crippen molar-refractivity contribution in [3.63, 3.8) is 0 Å². The van der Waals surface area contributed by atoms with Crippen molar-refractivity contribution in [2.24, 2.45) is 0 Å². The number of aryl methyl sites for hydroxylation is 4. The molecule has 4 nitrogen and oxygen atoms in total. The highest BCUT2D eigenvalue weighted by atomic mass is 35.5. The normalized spacial score (nSPS) is 12.3. The van der Waals surface area contributed by atoms with Crippen molar-refractivity contribution in [1.82, 2.24) is 9.78 Å². The smallest absolute Gasteiger partial charge is 0.199 e. The summed E-state index contributed by atoms with van der Waals surface area (Å²) in [6.07, 6.45) is 0. The fraction of sp³-hybridized carbons (Fsp3) is 0.231. The van der Waals surface area contributed by atoms with Crippen LogP contribution in [0.4, 0.5) is 0 Å². The number of ketones is 1. The van der Waals surface area contributed by atoms with Gasteiger partial charge in [0.15, 0.2) is 5.78 Å². The van der Waals surface area contributed by atoms with E-state index in [1.165, 1.54) is 16.7 Å². The van der Waals surface area contributed by atoms with E-state index < -0.39 is 0 Å². The maximum atomic E-state index is 13.7. The first kappa shape index (κ1) is 21.0. The van der Waals surface area contributed by atoms with Crippen molar-refractivity contribution in [1.29, 1.82) is 0 Å². The van der Waals surface area contributed by atoms with Crippen molar-refractivity contribution in [3.8, 4) is 17.0 Å². The zero-order valence-electron chi connectivity index (χ0n) is 18.1. The van der Waals surface area contributed by atoms with Gasteiger partial charge in [0.25, 0.3) is 0 Å². The molecule has 0 radical (unpaired) electrons. The van der Waals surface area contributed by atoms with Gasteiger partial charge in [0.05, 0.1) is 28.2 Å². The Balaban J connectivity index is 1.64. The van der Waals surface area contributed by atoms with Crippen LogP contribution in [0.5, 0.6) is 5.75 Å². The average Bonchev–Trinajstić information content (AvgIpc) is 3.11. The first-order valence-electron chi connectivity index (χ1n) is 10.5. The van der Waals surface area contributed by atoms with Crippen LogP contribution in [-0.4, -0.2) is 21.4 Å². The van der Waals surface area contributed by atoms with Crippen molar-refractivity contribution >= 4 is 39.9 Å². The van der Waals surface area contributed by atoms with E-state index in [1.54, 1.807) is 6.07 Å². The van der Waals surface area contributed by atoms with Gasteiger partial charge in [-0.1, -0.05) is 41.4 Å². The summed E-state index contributed by atoms with van der Waals surface area (Å²) in [4.78, 5) is 13.7. The lowest BCUT2D eigenvalue weighted by Crippen LogP contribution is -2.13. The second-order valence-corrected chi connectivity index (χ2v) is 9.04. The van der Waals surface area contributed by atoms with Crippen LogP contribution in [0.15, 0.2) is 42.5 Å². The van der Waals surface area contributed by atoms with E-state index >= 15 is 0 Å². The van der Waals surface area contributed by atoms with E-state index in [1.807, 2.05) is 28.9 Å². The largest absolute Gasteiger partial charge is 0.488 e. The fourth-order valence-electron chi connectivity index (χ4n) is 4.70. The zero-order valence-corrected chi connectivity index (χ0v) is 19.6. The first-order valence-corrected chi connectivity index (χ1v) is 11.4. The summed E-state index contributed by atoms with van der Waals surface area (Å²) in [5.74, 6) is 0.826. The number of carbonyl (C=O) groups is 1. The van der Waals surface area contributed by atoms with Gasteiger partial charge in [0, 0.05) is 16.8 Å². The van der Waals surface area contributed by atoms with Crippen molar-refractivity contribution in [2.45, 2.75) is 33.9 Å². The number of carbonyl (C=O) groups excluding carboxylic acids is 1. The molecule has 1 aromatic heterocycles. The topological polar surface area (TPSA) is 44.1 Å². The van der Waals surface area contributed by atoms with E-state index in [9.17, 15) is 4.79 Å². The number of rotatable bonds is 5. The second kappa shape index (κ2) is 7.95. The van der Waals surface area contributed by atoms with Gasteiger partial charge in [0.2, 0.25) is 0 Å². The molecule has 5 rings (SSSR count). The van der Waals surface area contributed by atoms with E-state index in [0.29, 0.717) is 40.9 Å². The Morgan fingerprint density at radius 2 is 1.78 bits per heavy atom. The number of ether oxygens (including phenoxy) is 1. The molecule has 0 fully saturated rings. The van der Waals surface area contributed by atoms with E-state index in [4.69, 9.17) is 33.0 Å². The summed E-state index contributed by atoms with van der Waals surface area (Å²) in [5, 5.41) is 5.99. The number of nitrogens with zero attached hydrogens (tertiary/aromatic N) is 2. The van der Waals surface area contributed by atoms with Crippen LogP contribution in [-0.2, 0) is 13.2 Å². The van der Waals surface area contributed by atoms with Gasteiger partial charge in [0.1, 0.15) is 18.1 Å². The number of benzene rings is 3. The molecule has 3 aromatic carbocycles. The minimum Gasteiger partial charge on any atom is -0.488 e. The number of aromatic nitrogens is 2. The molecular weight excluding hydrogens is 443 g/mol. The minimum atomic E-state index is -0.138. The number of hydrogen-bond acceptors (Lipinski definition) is 3. The highest BCUT2D eigenvalue weighted by Crippen LogP contribution is 2.44. The lowest BCUT2D eigenvalue weighted by molar-refractivity contribution is 0.103. The molecule has 162 valence electrons. The molecule has 32 heavy (non-hydrogen) atoms. The van der Waals surface area contributed by atoms with Crippen molar-refractivity contribution in [2.75, 3.05) is 5.88 Å². The highest BCUT2D eigenvalue weighted by molar-refractivity contribution is 6.39.